The molecule has 2 N–H and O–H groups in total. The SMILES string of the molecule is CC(C)Oc1ccc2c(c1)CCC(C(=O)O)N2. The highest BCUT2D eigenvalue weighted by Gasteiger charge is 2.23. The van der Waals surface area contributed by atoms with Crippen LogP contribution in [0.4, 0.5) is 5.69 Å². The molecule has 4 heteroatoms. The second kappa shape index (κ2) is 4.65. The first-order valence-corrected chi connectivity index (χ1v) is 5.85. The third-order valence-electron chi connectivity index (χ3n) is 2.78. The summed E-state index contributed by atoms with van der Waals surface area (Å²) in [5, 5.41) is 12.0. The van der Waals surface area contributed by atoms with E-state index >= 15 is 0 Å². The largest absolute Gasteiger partial charge is 0.491 e. The Morgan fingerprint density at radius 2 is 2.29 bits per heavy atom. The van der Waals surface area contributed by atoms with Crippen molar-refractivity contribution >= 4 is 11.7 Å². The molecule has 1 atom stereocenters. The summed E-state index contributed by atoms with van der Waals surface area (Å²) in [6.07, 6.45) is 1.54. The molecule has 0 amide bonds. The maximum atomic E-state index is 10.9. The lowest BCUT2D eigenvalue weighted by atomic mass is 9.98. The van der Waals surface area contributed by atoms with Gasteiger partial charge in [0.05, 0.1) is 6.10 Å². The second-order valence-electron chi connectivity index (χ2n) is 4.56. The number of ether oxygens (including phenoxy) is 1. The predicted molar refractivity (Wildman–Crippen MR) is 65.6 cm³/mol. The standard InChI is InChI=1S/C13H17NO3/c1-8(2)17-10-4-6-11-9(7-10)3-5-12(14-11)13(15)16/h4,6-8,12,14H,3,5H2,1-2H3,(H,15,16). The van der Waals surface area contributed by atoms with Gasteiger partial charge in [-0.2, -0.15) is 0 Å². The summed E-state index contributed by atoms with van der Waals surface area (Å²) in [6.45, 7) is 3.97. The summed E-state index contributed by atoms with van der Waals surface area (Å²) in [7, 11) is 0. The average molecular weight is 235 g/mol. The minimum Gasteiger partial charge on any atom is -0.491 e. The molecule has 0 bridgehead atoms. The first-order valence-electron chi connectivity index (χ1n) is 5.85. The zero-order valence-electron chi connectivity index (χ0n) is 10.1. The van der Waals surface area contributed by atoms with E-state index in [0.29, 0.717) is 6.42 Å². The number of nitrogens with one attached hydrogen (secondary N) is 1. The summed E-state index contributed by atoms with van der Waals surface area (Å²) in [5.41, 5.74) is 2.03. The highest BCUT2D eigenvalue weighted by atomic mass is 16.5. The van der Waals surface area contributed by atoms with Gasteiger partial charge >= 0.3 is 5.97 Å². The Morgan fingerprint density at radius 3 is 2.94 bits per heavy atom. The van der Waals surface area contributed by atoms with Crippen molar-refractivity contribution in [3.05, 3.63) is 23.8 Å². The second-order valence-corrected chi connectivity index (χ2v) is 4.56. The number of aryl methyl sites for hydroxylation is 1. The molecule has 92 valence electrons. The summed E-state index contributed by atoms with van der Waals surface area (Å²) < 4.78 is 5.61. The Hall–Kier alpha value is -1.71. The molecule has 1 heterocycles. The summed E-state index contributed by atoms with van der Waals surface area (Å²) in [4.78, 5) is 10.9. The number of rotatable bonds is 3. The highest BCUT2D eigenvalue weighted by molar-refractivity contribution is 5.79. The van der Waals surface area contributed by atoms with Gasteiger partial charge in [0.15, 0.2) is 0 Å². The number of hydrogen-bond donors (Lipinski definition) is 2. The van der Waals surface area contributed by atoms with Gasteiger partial charge < -0.3 is 15.2 Å². The van der Waals surface area contributed by atoms with Crippen LogP contribution in [0.2, 0.25) is 0 Å². The Bertz CT molecular complexity index is 429. The van der Waals surface area contributed by atoms with Gasteiger partial charge in [-0.25, -0.2) is 4.79 Å². The first-order chi connectivity index (χ1) is 8.06. The zero-order valence-corrected chi connectivity index (χ0v) is 10.1. The van der Waals surface area contributed by atoms with Crippen LogP contribution in [0.25, 0.3) is 0 Å². The van der Waals surface area contributed by atoms with Gasteiger partial charge in [0.25, 0.3) is 0 Å². The van der Waals surface area contributed by atoms with E-state index in [4.69, 9.17) is 9.84 Å². The van der Waals surface area contributed by atoms with E-state index in [1.165, 1.54) is 0 Å². The topological polar surface area (TPSA) is 58.6 Å². The first kappa shape index (κ1) is 11.8. The molecular formula is C13H17NO3. The van der Waals surface area contributed by atoms with Crippen LogP contribution in [-0.4, -0.2) is 23.2 Å². The number of carbonyl (C=O) groups is 1. The number of benzene rings is 1. The Morgan fingerprint density at radius 1 is 1.53 bits per heavy atom. The molecule has 2 rings (SSSR count). The molecule has 1 aliphatic rings. The van der Waals surface area contributed by atoms with Crippen molar-refractivity contribution in [3.63, 3.8) is 0 Å². The van der Waals surface area contributed by atoms with Crippen molar-refractivity contribution in [2.24, 2.45) is 0 Å². The fourth-order valence-corrected chi connectivity index (χ4v) is 2.01. The van der Waals surface area contributed by atoms with Gasteiger partial charge in [-0.15, -0.1) is 0 Å². The van der Waals surface area contributed by atoms with Gasteiger partial charge in [-0.3, -0.25) is 0 Å². The number of carboxylic acids is 1. The molecule has 0 saturated carbocycles. The molecule has 17 heavy (non-hydrogen) atoms. The average Bonchev–Trinajstić information content (AvgIpc) is 2.27. The van der Waals surface area contributed by atoms with Gasteiger partial charge in [0.1, 0.15) is 11.8 Å². The van der Waals surface area contributed by atoms with Gasteiger partial charge in [0, 0.05) is 5.69 Å². The molecule has 0 radical (unpaired) electrons. The monoisotopic (exact) mass is 235 g/mol. The molecule has 1 aromatic rings. The lowest BCUT2D eigenvalue weighted by Gasteiger charge is -2.24. The van der Waals surface area contributed by atoms with Crippen molar-refractivity contribution in [2.45, 2.75) is 38.8 Å². The van der Waals surface area contributed by atoms with Crippen LogP contribution in [0.1, 0.15) is 25.8 Å². The Balaban J connectivity index is 2.16. The highest BCUT2D eigenvalue weighted by Crippen LogP contribution is 2.29. The van der Waals surface area contributed by atoms with Crippen molar-refractivity contribution < 1.29 is 14.6 Å². The van der Waals surface area contributed by atoms with E-state index in [1.54, 1.807) is 0 Å². The lowest BCUT2D eigenvalue weighted by molar-refractivity contribution is -0.138. The summed E-state index contributed by atoms with van der Waals surface area (Å²) in [5.74, 6) is 0.0486. The zero-order chi connectivity index (χ0) is 12.4. The molecule has 0 saturated heterocycles. The van der Waals surface area contributed by atoms with E-state index in [9.17, 15) is 4.79 Å². The number of anilines is 1. The van der Waals surface area contributed by atoms with Crippen LogP contribution in [0.15, 0.2) is 18.2 Å². The van der Waals surface area contributed by atoms with Crippen LogP contribution in [-0.2, 0) is 11.2 Å². The fourth-order valence-electron chi connectivity index (χ4n) is 2.01. The number of hydrogen-bond acceptors (Lipinski definition) is 3. The van der Waals surface area contributed by atoms with Crippen LogP contribution in [0.3, 0.4) is 0 Å². The number of aliphatic carboxylic acids is 1. The van der Waals surface area contributed by atoms with Gasteiger partial charge in [-0.1, -0.05) is 0 Å². The fraction of sp³-hybridized carbons (Fsp3) is 0.462. The smallest absolute Gasteiger partial charge is 0.326 e. The molecule has 1 unspecified atom stereocenters. The molecule has 0 fully saturated rings. The van der Waals surface area contributed by atoms with E-state index in [-0.39, 0.29) is 6.10 Å². The predicted octanol–water partition coefficient (Wildman–Crippen LogP) is 2.29. The van der Waals surface area contributed by atoms with Crippen LogP contribution in [0, 0.1) is 0 Å². The van der Waals surface area contributed by atoms with Gasteiger partial charge in [-0.05, 0) is 50.5 Å². The molecule has 4 nitrogen and oxygen atoms in total. The molecule has 0 aliphatic carbocycles. The van der Waals surface area contributed by atoms with Crippen molar-refractivity contribution in [3.8, 4) is 5.75 Å². The molecule has 1 aliphatic heterocycles. The third kappa shape index (κ3) is 2.70. The van der Waals surface area contributed by atoms with Crippen LogP contribution >= 0.6 is 0 Å². The maximum absolute atomic E-state index is 10.9. The van der Waals surface area contributed by atoms with Crippen molar-refractivity contribution in [1.82, 2.24) is 0 Å². The van der Waals surface area contributed by atoms with E-state index in [2.05, 4.69) is 5.32 Å². The Labute approximate surface area is 101 Å². The van der Waals surface area contributed by atoms with E-state index in [0.717, 1.165) is 23.4 Å². The normalized spacial score (nSPS) is 18.4. The minimum atomic E-state index is -0.793. The molecule has 1 aromatic carbocycles. The van der Waals surface area contributed by atoms with Crippen LogP contribution < -0.4 is 10.1 Å². The summed E-state index contributed by atoms with van der Waals surface area (Å²) in [6, 6.07) is 5.28. The van der Waals surface area contributed by atoms with E-state index in [1.807, 2.05) is 32.0 Å². The summed E-state index contributed by atoms with van der Waals surface area (Å²) >= 11 is 0. The van der Waals surface area contributed by atoms with Crippen molar-refractivity contribution in [1.29, 1.82) is 0 Å². The third-order valence-corrected chi connectivity index (χ3v) is 2.78. The Kier molecular flexibility index (Phi) is 3.22. The number of fused-ring (bicyclic) bond motifs is 1. The maximum Gasteiger partial charge on any atom is 0.326 e. The molecule has 0 aromatic heterocycles. The molecule has 0 spiro atoms. The molecular weight excluding hydrogens is 218 g/mol. The van der Waals surface area contributed by atoms with Crippen LogP contribution in [0.5, 0.6) is 5.75 Å². The quantitative estimate of drug-likeness (QED) is 0.844. The van der Waals surface area contributed by atoms with E-state index < -0.39 is 12.0 Å². The lowest BCUT2D eigenvalue weighted by Crippen LogP contribution is -2.33. The van der Waals surface area contributed by atoms with Crippen molar-refractivity contribution in [2.75, 3.05) is 5.32 Å². The van der Waals surface area contributed by atoms with Gasteiger partial charge in [0.2, 0.25) is 0 Å². The minimum absolute atomic E-state index is 0.149. The number of carboxylic acid groups (broad SMARTS) is 1.